The van der Waals surface area contributed by atoms with Gasteiger partial charge in [0.05, 0.1) is 5.69 Å². The Hall–Kier alpha value is -4.80. The minimum atomic E-state index is -4.71. The largest absolute Gasteiger partial charge is 0.435 e. The molecule has 0 N–H and O–H groups in total. The number of amides is 1. The number of carbonyl (C=O) groups is 1. The highest BCUT2D eigenvalue weighted by Crippen LogP contribution is 2.38. The molecule has 8 nitrogen and oxygen atoms in total. The first-order valence-corrected chi connectivity index (χ1v) is 12.8. The summed E-state index contributed by atoms with van der Waals surface area (Å²) in [6.07, 6.45) is 2.87. The quantitative estimate of drug-likeness (QED) is 0.246. The van der Waals surface area contributed by atoms with E-state index < -0.39 is 17.8 Å². The first kappa shape index (κ1) is 25.5. The van der Waals surface area contributed by atoms with Crippen molar-refractivity contribution in [1.29, 1.82) is 0 Å². The Kier molecular flexibility index (Phi) is 6.21. The average molecular weight is 544 g/mol. The molecule has 5 aromatic rings. The second-order valence-corrected chi connectivity index (χ2v) is 9.41. The Labute approximate surface area is 227 Å². The number of imidazole rings is 1. The fourth-order valence-corrected chi connectivity index (χ4v) is 5.02. The van der Waals surface area contributed by atoms with E-state index in [2.05, 4.69) is 20.1 Å². The topological polar surface area (TPSA) is 81.2 Å². The molecule has 0 atom stereocenters. The summed E-state index contributed by atoms with van der Waals surface area (Å²) >= 11 is 0. The molecule has 0 spiro atoms. The number of alkyl halides is 3. The highest BCUT2D eigenvalue weighted by Gasteiger charge is 2.43. The fourth-order valence-electron chi connectivity index (χ4n) is 5.02. The Balaban J connectivity index is 1.45. The number of benzene rings is 2. The van der Waals surface area contributed by atoms with Crippen LogP contribution in [0, 0.1) is 6.92 Å². The van der Waals surface area contributed by atoms with Crippen molar-refractivity contribution in [3.05, 3.63) is 89.9 Å². The Morgan fingerprint density at radius 2 is 1.75 bits per heavy atom. The van der Waals surface area contributed by atoms with E-state index in [1.807, 2.05) is 36.7 Å². The number of aryl methyl sites for hydroxylation is 1. The number of hydrogen-bond acceptors (Lipinski definition) is 5. The van der Waals surface area contributed by atoms with Crippen LogP contribution in [0.3, 0.4) is 0 Å². The number of carbonyl (C=O) groups excluding carboxylic acids is 1. The van der Waals surface area contributed by atoms with Gasteiger partial charge in [-0.1, -0.05) is 13.0 Å². The van der Waals surface area contributed by atoms with Crippen molar-refractivity contribution in [3.63, 3.8) is 0 Å². The second-order valence-electron chi connectivity index (χ2n) is 9.41. The van der Waals surface area contributed by atoms with Crippen LogP contribution in [0.4, 0.5) is 24.7 Å². The molecule has 0 fully saturated rings. The van der Waals surface area contributed by atoms with Crippen molar-refractivity contribution in [2.24, 2.45) is 4.99 Å². The molecule has 0 saturated carbocycles. The highest BCUT2D eigenvalue weighted by atomic mass is 19.4. The smallest absolute Gasteiger partial charge is 0.307 e. The minimum Gasteiger partial charge on any atom is -0.307 e. The lowest BCUT2D eigenvalue weighted by Gasteiger charge is -2.28. The van der Waals surface area contributed by atoms with Gasteiger partial charge in [0.15, 0.2) is 11.5 Å². The molecule has 4 heterocycles. The van der Waals surface area contributed by atoms with Crippen LogP contribution in [0.15, 0.2) is 72.1 Å². The summed E-state index contributed by atoms with van der Waals surface area (Å²) in [5.41, 5.74) is 0.514. The number of halogens is 3. The predicted molar refractivity (Wildman–Crippen MR) is 146 cm³/mol. The van der Waals surface area contributed by atoms with Crippen molar-refractivity contribution in [1.82, 2.24) is 24.3 Å². The lowest BCUT2D eigenvalue weighted by Crippen LogP contribution is -2.39. The van der Waals surface area contributed by atoms with E-state index in [1.54, 1.807) is 55.0 Å². The molecule has 202 valence electrons. The van der Waals surface area contributed by atoms with Crippen LogP contribution in [0.2, 0.25) is 0 Å². The molecule has 0 saturated heterocycles. The highest BCUT2D eigenvalue weighted by molar-refractivity contribution is 6.08. The van der Waals surface area contributed by atoms with E-state index in [1.165, 1.54) is 4.90 Å². The summed E-state index contributed by atoms with van der Waals surface area (Å²) in [6, 6.07) is 14.1. The third-order valence-corrected chi connectivity index (χ3v) is 6.92. The van der Waals surface area contributed by atoms with Gasteiger partial charge in [0.1, 0.15) is 11.5 Å². The summed E-state index contributed by atoms with van der Waals surface area (Å²) in [6.45, 7) is 3.92. The summed E-state index contributed by atoms with van der Waals surface area (Å²) in [4.78, 5) is 28.3. The molecule has 0 bridgehead atoms. The first-order valence-electron chi connectivity index (χ1n) is 12.8. The van der Waals surface area contributed by atoms with Crippen molar-refractivity contribution in [2.45, 2.75) is 32.9 Å². The molecule has 3 aromatic heterocycles. The van der Waals surface area contributed by atoms with Gasteiger partial charge >= 0.3 is 6.18 Å². The minimum absolute atomic E-state index is 0.0134. The standard InChI is InChI=1S/C29H24F3N7O/c1-3-12-34-27-24-17-22(5-4-19(24)10-13-35-27)39-25-23(26(36-39)29(30,31)32)11-15-38(28(25)40)21-8-6-20(7-9-21)37-16-14-33-18(37)2/h4-10,12-14,16-17H,3,11,15H2,1-2H3. The number of rotatable bonds is 5. The normalized spacial score (nSPS) is 13.9. The van der Waals surface area contributed by atoms with E-state index in [9.17, 15) is 18.0 Å². The van der Waals surface area contributed by atoms with E-state index in [4.69, 9.17) is 0 Å². The third-order valence-electron chi connectivity index (χ3n) is 6.92. The van der Waals surface area contributed by atoms with Crippen LogP contribution < -0.4 is 4.90 Å². The van der Waals surface area contributed by atoms with Gasteiger partial charge in [0, 0.05) is 53.7 Å². The molecule has 2 aromatic carbocycles. The van der Waals surface area contributed by atoms with Crippen molar-refractivity contribution in [2.75, 3.05) is 11.4 Å². The number of fused-ring (bicyclic) bond motifs is 2. The van der Waals surface area contributed by atoms with Crippen molar-refractivity contribution < 1.29 is 18.0 Å². The van der Waals surface area contributed by atoms with Gasteiger partial charge in [-0.05, 0) is 67.6 Å². The number of anilines is 1. The Morgan fingerprint density at radius 1 is 1.00 bits per heavy atom. The molecule has 0 unspecified atom stereocenters. The SMILES string of the molecule is CCC=Nc1nccc2ccc(-n3nc(C(F)(F)F)c4c3C(=O)N(c3ccc(-n5ccnc5C)cc3)CC4)cc12. The molecule has 11 heteroatoms. The molecule has 1 aliphatic rings. The maximum absolute atomic E-state index is 14.1. The average Bonchev–Trinajstić information content (AvgIpc) is 3.56. The number of hydrogen-bond donors (Lipinski definition) is 0. The van der Waals surface area contributed by atoms with E-state index in [-0.39, 0.29) is 24.2 Å². The zero-order valence-electron chi connectivity index (χ0n) is 21.7. The van der Waals surface area contributed by atoms with Crippen LogP contribution in [0.25, 0.3) is 22.1 Å². The molecule has 6 rings (SSSR count). The third kappa shape index (κ3) is 4.33. The number of pyridine rings is 1. The Morgan fingerprint density at radius 3 is 2.45 bits per heavy atom. The molecular formula is C29H24F3N7O. The fraction of sp³-hybridized carbons (Fsp3) is 0.207. The Bertz CT molecular complexity index is 1770. The zero-order chi connectivity index (χ0) is 28.0. The summed E-state index contributed by atoms with van der Waals surface area (Å²) < 4.78 is 45.3. The van der Waals surface area contributed by atoms with Crippen LogP contribution >= 0.6 is 0 Å². The summed E-state index contributed by atoms with van der Waals surface area (Å²) in [5.74, 6) is 0.704. The molecule has 1 aliphatic heterocycles. The van der Waals surface area contributed by atoms with E-state index >= 15 is 0 Å². The molecule has 40 heavy (non-hydrogen) atoms. The number of aromatic nitrogens is 5. The van der Waals surface area contributed by atoms with E-state index in [0.29, 0.717) is 29.0 Å². The van der Waals surface area contributed by atoms with Gasteiger partial charge < -0.3 is 9.47 Å². The molecular weight excluding hydrogens is 519 g/mol. The lowest BCUT2D eigenvalue weighted by molar-refractivity contribution is -0.141. The van der Waals surface area contributed by atoms with Gasteiger partial charge in [-0.3, -0.25) is 4.79 Å². The first-order chi connectivity index (χ1) is 19.3. The van der Waals surface area contributed by atoms with Crippen LogP contribution in [0.5, 0.6) is 0 Å². The monoisotopic (exact) mass is 543 g/mol. The lowest BCUT2D eigenvalue weighted by atomic mass is 10.0. The van der Waals surface area contributed by atoms with Crippen LogP contribution in [-0.2, 0) is 12.6 Å². The number of aliphatic imine (C=N–C) groups is 1. The summed E-state index contributed by atoms with van der Waals surface area (Å²) in [7, 11) is 0. The zero-order valence-corrected chi connectivity index (χ0v) is 21.7. The maximum Gasteiger partial charge on any atom is 0.435 e. The molecule has 0 aliphatic carbocycles. The van der Waals surface area contributed by atoms with Gasteiger partial charge in [-0.15, -0.1) is 0 Å². The van der Waals surface area contributed by atoms with Crippen LogP contribution in [0.1, 0.15) is 40.9 Å². The molecule has 1 amide bonds. The van der Waals surface area contributed by atoms with Gasteiger partial charge in [-0.25, -0.2) is 19.6 Å². The molecule has 0 radical (unpaired) electrons. The van der Waals surface area contributed by atoms with Crippen molar-refractivity contribution >= 4 is 34.4 Å². The van der Waals surface area contributed by atoms with Gasteiger partial charge in [0.2, 0.25) is 0 Å². The van der Waals surface area contributed by atoms with Crippen molar-refractivity contribution in [3.8, 4) is 11.4 Å². The van der Waals surface area contributed by atoms with Gasteiger partial charge in [-0.2, -0.15) is 18.3 Å². The maximum atomic E-state index is 14.1. The second kappa shape index (κ2) is 9.74. The number of nitrogens with zero attached hydrogens (tertiary/aromatic N) is 7. The van der Waals surface area contributed by atoms with Gasteiger partial charge in [0.25, 0.3) is 5.91 Å². The predicted octanol–water partition coefficient (Wildman–Crippen LogP) is 6.25. The summed E-state index contributed by atoms with van der Waals surface area (Å²) in [5, 5.41) is 5.41. The van der Waals surface area contributed by atoms with E-state index in [0.717, 1.165) is 21.6 Å². The van der Waals surface area contributed by atoms with Crippen LogP contribution in [-0.4, -0.2) is 43.0 Å².